The van der Waals surface area contributed by atoms with Crippen molar-refractivity contribution in [1.82, 2.24) is 0 Å². The Morgan fingerprint density at radius 3 is 2.85 bits per heavy atom. The van der Waals surface area contributed by atoms with Gasteiger partial charge in [0.2, 0.25) is 0 Å². The number of hydrogen-bond acceptors (Lipinski definition) is 3. The fourth-order valence-corrected chi connectivity index (χ4v) is 2.23. The van der Waals surface area contributed by atoms with Gasteiger partial charge in [-0.3, -0.25) is 0 Å². The molecule has 2 nitrogen and oxygen atoms in total. The van der Waals surface area contributed by atoms with E-state index in [4.69, 9.17) is 5.73 Å². The molecule has 70 valence electrons. The third-order valence-corrected chi connectivity index (χ3v) is 3.54. The highest BCUT2D eigenvalue weighted by molar-refractivity contribution is 7.99. The number of phenolic OH excluding ortho intramolecular Hbond substituents is 1. The largest absolute Gasteiger partial charge is 0.508 e. The summed E-state index contributed by atoms with van der Waals surface area (Å²) in [6.07, 6.45) is 2.28. The average Bonchev–Trinajstić information content (AvgIpc) is 2.82. The fourth-order valence-electron chi connectivity index (χ4n) is 1.11. The Kier molecular flexibility index (Phi) is 2.22. The van der Waals surface area contributed by atoms with Gasteiger partial charge in [-0.1, -0.05) is 6.07 Å². The normalized spacial score (nSPS) is 18.5. The molecule has 0 heterocycles. The summed E-state index contributed by atoms with van der Waals surface area (Å²) in [6, 6.07) is 7.31. The molecule has 1 aromatic carbocycles. The Balaban J connectivity index is 1.94. The molecule has 0 spiro atoms. The van der Waals surface area contributed by atoms with E-state index in [1.807, 2.05) is 12.1 Å². The number of thioether (sulfide) groups is 1. The zero-order chi connectivity index (χ0) is 9.31. The number of benzene rings is 1. The van der Waals surface area contributed by atoms with E-state index >= 15 is 0 Å². The van der Waals surface area contributed by atoms with Gasteiger partial charge in [0.25, 0.3) is 0 Å². The molecule has 0 unspecified atom stereocenters. The quantitative estimate of drug-likeness (QED) is 0.725. The van der Waals surface area contributed by atoms with Gasteiger partial charge in [0.1, 0.15) is 5.75 Å². The van der Waals surface area contributed by atoms with Crippen LogP contribution in [0.25, 0.3) is 0 Å². The maximum absolute atomic E-state index is 9.21. The lowest BCUT2D eigenvalue weighted by atomic mass is 10.3. The van der Waals surface area contributed by atoms with Crippen LogP contribution in [0.3, 0.4) is 0 Å². The second-order valence-corrected chi connectivity index (χ2v) is 4.70. The Bertz CT molecular complexity index is 310. The maximum atomic E-state index is 9.21. The molecule has 0 aromatic heterocycles. The molecule has 0 atom stereocenters. The molecule has 1 aromatic rings. The Hall–Kier alpha value is -0.670. The second-order valence-electron chi connectivity index (χ2n) is 3.65. The van der Waals surface area contributed by atoms with Gasteiger partial charge >= 0.3 is 0 Å². The highest BCUT2D eigenvalue weighted by atomic mass is 32.2. The molecule has 1 saturated carbocycles. The predicted molar refractivity (Wildman–Crippen MR) is 55.0 cm³/mol. The number of phenols is 1. The van der Waals surface area contributed by atoms with Crippen molar-refractivity contribution in [1.29, 1.82) is 0 Å². The average molecular weight is 195 g/mol. The van der Waals surface area contributed by atoms with Crippen LogP contribution in [-0.4, -0.2) is 16.4 Å². The number of aromatic hydroxyl groups is 1. The summed E-state index contributed by atoms with van der Waals surface area (Å²) in [5.74, 6) is 1.28. The summed E-state index contributed by atoms with van der Waals surface area (Å²) >= 11 is 1.72. The standard InChI is InChI=1S/C10H13NOS/c11-10(4-5-10)7-13-9-3-1-2-8(12)6-9/h1-3,6,12H,4-5,7,11H2. The SMILES string of the molecule is NC1(CSc2cccc(O)c2)CC1. The van der Waals surface area contributed by atoms with E-state index in [9.17, 15) is 5.11 Å². The molecule has 1 fully saturated rings. The number of hydrogen-bond donors (Lipinski definition) is 2. The first-order chi connectivity index (χ1) is 6.18. The van der Waals surface area contributed by atoms with Gasteiger partial charge in [0, 0.05) is 16.2 Å². The van der Waals surface area contributed by atoms with Crippen molar-refractivity contribution in [3.63, 3.8) is 0 Å². The van der Waals surface area contributed by atoms with Crippen molar-refractivity contribution in [3.8, 4) is 5.75 Å². The molecular formula is C10H13NOS. The molecule has 1 aliphatic rings. The minimum Gasteiger partial charge on any atom is -0.508 e. The van der Waals surface area contributed by atoms with Crippen LogP contribution in [0.15, 0.2) is 29.2 Å². The van der Waals surface area contributed by atoms with Crippen molar-refractivity contribution >= 4 is 11.8 Å². The fraction of sp³-hybridized carbons (Fsp3) is 0.400. The van der Waals surface area contributed by atoms with E-state index in [1.165, 1.54) is 0 Å². The monoisotopic (exact) mass is 195 g/mol. The van der Waals surface area contributed by atoms with Gasteiger partial charge in [0.05, 0.1) is 0 Å². The third-order valence-electron chi connectivity index (χ3n) is 2.24. The minimum atomic E-state index is 0.0795. The zero-order valence-corrected chi connectivity index (χ0v) is 8.18. The first kappa shape index (κ1) is 8.91. The maximum Gasteiger partial charge on any atom is 0.116 e. The van der Waals surface area contributed by atoms with Crippen LogP contribution in [-0.2, 0) is 0 Å². The Morgan fingerprint density at radius 1 is 1.46 bits per heavy atom. The van der Waals surface area contributed by atoms with E-state index in [2.05, 4.69) is 0 Å². The molecule has 0 aliphatic heterocycles. The minimum absolute atomic E-state index is 0.0795. The van der Waals surface area contributed by atoms with Gasteiger partial charge in [-0.15, -0.1) is 11.8 Å². The Labute approximate surface area is 82.1 Å². The van der Waals surface area contributed by atoms with Crippen LogP contribution >= 0.6 is 11.8 Å². The van der Waals surface area contributed by atoms with Crippen molar-refractivity contribution in [2.45, 2.75) is 23.3 Å². The van der Waals surface area contributed by atoms with Gasteiger partial charge < -0.3 is 10.8 Å². The third kappa shape index (κ3) is 2.39. The molecule has 13 heavy (non-hydrogen) atoms. The lowest BCUT2D eigenvalue weighted by Crippen LogP contribution is -2.24. The van der Waals surface area contributed by atoms with E-state index in [0.29, 0.717) is 5.75 Å². The molecule has 0 bridgehead atoms. The number of nitrogens with two attached hydrogens (primary N) is 1. The van der Waals surface area contributed by atoms with Crippen molar-refractivity contribution < 1.29 is 5.11 Å². The molecule has 3 heteroatoms. The van der Waals surface area contributed by atoms with Crippen LogP contribution < -0.4 is 5.73 Å². The van der Waals surface area contributed by atoms with Crippen molar-refractivity contribution in [2.75, 3.05) is 5.75 Å². The van der Waals surface area contributed by atoms with Crippen LogP contribution in [0, 0.1) is 0 Å². The van der Waals surface area contributed by atoms with Gasteiger partial charge in [-0.25, -0.2) is 0 Å². The van der Waals surface area contributed by atoms with Crippen LogP contribution in [0.5, 0.6) is 5.75 Å². The second kappa shape index (κ2) is 3.24. The highest BCUT2D eigenvalue weighted by Crippen LogP contribution is 2.37. The van der Waals surface area contributed by atoms with E-state index < -0.39 is 0 Å². The molecule has 3 N–H and O–H groups in total. The topological polar surface area (TPSA) is 46.2 Å². The molecular weight excluding hydrogens is 182 g/mol. The lowest BCUT2D eigenvalue weighted by molar-refractivity contribution is 0.474. The Morgan fingerprint density at radius 2 is 2.23 bits per heavy atom. The first-order valence-corrected chi connectivity index (χ1v) is 5.37. The predicted octanol–water partition coefficient (Wildman–Crippen LogP) is 1.98. The van der Waals surface area contributed by atoms with Crippen LogP contribution in [0.1, 0.15) is 12.8 Å². The van der Waals surface area contributed by atoms with E-state index in [0.717, 1.165) is 23.5 Å². The van der Waals surface area contributed by atoms with Crippen molar-refractivity contribution in [3.05, 3.63) is 24.3 Å². The molecule has 0 radical (unpaired) electrons. The molecule has 1 aliphatic carbocycles. The summed E-state index contributed by atoms with van der Waals surface area (Å²) in [6.45, 7) is 0. The summed E-state index contributed by atoms with van der Waals surface area (Å²) in [4.78, 5) is 1.09. The summed E-state index contributed by atoms with van der Waals surface area (Å²) in [5.41, 5.74) is 6.03. The van der Waals surface area contributed by atoms with Gasteiger partial charge in [-0.2, -0.15) is 0 Å². The van der Waals surface area contributed by atoms with E-state index in [-0.39, 0.29) is 5.54 Å². The van der Waals surface area contributed by atoms with Gasteiger partial charge in [0.15, 0.2) is 0 Å². The number of rotatable bonds is 3. The highest BCUT2D eigenvalue weighted by Gasteiger charge is 2.37. The van der Waals surface area contributed by atoms with Crippen LogP contribution in [0.2, 0.25) is 0 Å². The van der Waals surface area contributed by atoms with Crippen LogP contribution in [0.4, 0.5) is 0 Å². The summed E-state index contributed by atoms with van der Waals surface area (Å²) in [5, 5.41) is 9.21. The summed E-state index contributed by atoms with van der Waals surface area (Å²) in [7, 11) is 0. The zero-order valence-electron chi connectivity index (χ0n) is 7.36. The smallest absolute Gasteiger partial charge is 0.116 e. The van der Waals surface area contributed by atoms with Gasteiger partial charge in [-0.05, 0) is 31.0 Å². The molecule has 0 saturated heterocycles. The molecule has 2 rings (SSSR count). The lowest BCUT2D eigenvalue weighted by Gasteiger charge is -2.07. The summed E-state index contributed by atoms with van der Waals surface area (Å²) < 4.78 is 0. The molecule has 0 amide bonds. The first-order valence-electron chi connectivity index (χ1n) is 4.39. The van der Waals surface area contributed by atoms with Crippen molar-refractivity contribution in [2.24, 2.45) is 5.73 Å². The van der Waals surface area contributed by atoms with E-state index in [1.54, 1.807) is 23.9 Å².